The van der Waals surface area contributed by atoms with Crippen LogP contribution in [-0.2, 0) is 20.9 Å². The minimum atomic E-state index is -0.646. The van der Waals surface area contributed by atoms with E-state index in [1.807, 2.05) is 10.8 Å². The molecule has 1 N–H and O–H groups in total. The van der Waals surface area contributed by atoms with E-state index in [0.29, 0.717) is 42.0 Å². The number of fused-ring (bicyclic) bond motifs is 1. The number of carbonyl (C=O) groups excluding carboxylic acids is 2. The molecule has 2 aliphatic heterocycles. The number of benzene rings is 2. The summed E-state index contributed by atoms with van der Waals surface area (Å²) in [6.45, 7) is 3.71. The topological polar surface area (TPSA) is 72.8 Å². The Bertz CT molecular complexity index is 1310. The number of hydrogen-bond acceptors (Lipinski definition) is 5. The summed E-state index contributed by atoms with van der Waals surface area (Å²) in [6.07, 6.45) is 1.81. The van der Waals surface area contributed by atoms with Crippen molar-refractivity contribution >= 4 is 33.9 Å². The van der Waals surface area contributed by atoms with Crippen LogP contribution in [0.1, 0.15) is 11.1 Å². The average molecular weight is 481 g/mol. The molecule has 9 heteroatoms. The molecule has 0 aliphatic carbocycles. The number of rotatable bonds is 8. The molecular formula is C26H25F2N3O4. The number of alkyl halides is 1. The van der Waals surface area contributed by atoms with Gasteiger partial charge in [0.25, 0.3) is 11.8 Å². The first-order valence-electron chi connectivity index (χ1n) is 11.5. The third-order valence-corrected chi connectivity index (χ3v) is 6.27. The van der Waals surface area contributed by atoms with Gasteiger partial charge in [-0.3, -0.25) is 19.8 Å². The van der Waals surface area contributed by atoms with Gasteiger partial charge in [0.2, 0.25) is 0 Å². The van der Waals surface area contributed by atoms with Crippen LogP contribution < -0.4 is 10.1 Å². The number of imide groups is 1. The predicted octanol–water partition coefficient (Wildman–Crippen LogP) is 3.03. The van der Waals surface area contributed by atoms with Gasteiger partial charge in [-0.1, -0.05) is 12.1 Å². The lowest BCUT2D eigenvalue weighted by Gasteiger charge is -2.26. The molecule has 7 nitrogen and oxygen atoms in total. The predicted molar refractivity (Wildman–Crippen MR) is 127 cm³/mol. The zero-order valence-corrected chi connectivity index (χ0v) is 19.1. The van der Waals surface area contributed by atoms with E-state index in [1.54, 1.807) is 30.3 Å². The third kappa shape index (κ3) is 4.69. The van der Waals surface area contributed by atoms with Crippen molar-refractivity contribution in [2.75, 3.05) is 46.1 Å². The molecule has 2 amide bonds. The van der Waals surface area contributed by atoms with E-state index in [9.17, 15) is 18.4 Å². The van der Waals surface area contributed by atoms with E-state index in [4.69, 9.17) is 9.47 Å². The van der Waals surface area contributed by atoms with Crippen LogP contribution in [-0.4, -0.2) is 67.4 Å². The summed E-state index contributed by atoms with van der Waals surface area (Å²) in [6, 6.07) is 11.1. The molecule has 0 unspecified atom stereocenters. The maximum Gasteiger partial charge on any atom is 0.259 e. The van der Waals surface area contributed by atoms with Crippen molar-refractivity contribution in [3.05, 3.63) is 65.6 Å². The summed E-state index contributed by atoms with van der Waals surface area (Å²) in [4.78, 5) is 28.1. The van der Waals surface area contributed by atoms with E-state index in [-0.39, 0.29) is 17.8 Å². The van der Waals surface area contributed by atoms with Crippen LogP contribution in [0.25, 0.3) is 22.0 Å². The molecule has 0 spiro atoms. The maximum absolute atomic E-state index is 14.3. The fraction of sp³-hybridized carbons (Fsp3) is 0.308. The van der Waals surface area contributed by atoms with Gasteiger partial charge in [0, 0.05) is 48.8 Å². The zero-order valence-electron chi connectivity index (χ0n) is 19.1. The molecule has 0 radical (unpaired) electrons. The van der Waals surface area contributed by atoms with Crippen molar-refractivity contribution in [2.45, 2.75) is 6.54 Å². The van der Waals surface area contributed by atoms with Crippen LogP contribution in [0.3, 0.4) is 0 Å². The Balaban J connectivity index is 1.59. The standard InChI is InChI=1S/C26H25F2N3O4/c27-6-11-35-19-3-1-2-17(14-19)23-24(26(33)29-25(23)32)21-16-31(8-7-30-9-12-34-13-10-30)22-5-4-18(28)15-20(21)22/h1-5,14-16H,6-13H2,(H,29,32,33). The highest BCUT2D eigenvalue weighted by molar-refractivity contribution is 6.50. The van der Waals surface area contributed by atoms with E-state index >= 15 is 0 Å². The molecule has 182 valence electrons. The molecule has 2 aliphatic rings. The summed E-state index contributed by atoms with van der Waals surface area (Å²) in [7, 11) is 0. The Morgan fingerprint density at radius 1 is 1.00 bits per heavy atom. The summed E-state index contributed by atoms with van der Waals surface area (Å²) < 4.78 is 39.6. The Labute approximate surface area is 200 Å². The lowest BCUT2D eigenvalue weighted by Crippen LogP contribution is -2.38. The van der Waals surface area contributed by atoms with Crippen molar-refractivity contribution in [3.63, 3.8) is 0 Å². The van der Waals surface area contributed by atoms with Crippen LogP contribution in [0, 0.1) is 5.82 Å². The van der Waals surface area contributed by atoms with E-state index in [0.717, 1.165) is 25.2 Å². The van der Waals surface area contributed by atoms with Crippen LogP contribution >= 0.6 is 0 Å². The van der Waals surface area contributed by atoms with Gasteiger partial charge in [-0.25, -0.2) is 8.78 Å². The second-order valence-electron chi connectivity index (χ2n) is 8.45. The highest BCUT2D eigenvalue weighted by Gasteiger charge is 2.34. The van der Waals surface area contributed by atoms with Gasteiger partial charge < -0.3 is 14.0 Å². The molecule has 1 fully saturated rings. The lowest BCUT2D eigenvalue weighted by atomic mass is 9.96. The first kappa shape index (κ1) is 23.2. The van der Waals surface area contributed by atoms with Crippen LogP contribution in [0.4, 0.5) is 8.78 Å². The fourth-order valence-electron chi connectivity index (χ4n) is 4.61. The molecule has 5 rings (SSSR count). The highest BCUT2D eigenvalue weighted by atomic mass is 19.1. The second-order valence-corrected chi connectivity index (χ2v) is 8.45. The molecule has 0 saturated carbocycles. The Morgan fingerprint density at radius 2 is 1.80 bits per heavy atom. The zero-order chi connectivity index (χ0) is 24.4. The molecule has 1 saturated heterocycles. The summed E-state index contributed by atoms with van der Waals surface area (Å²) in [5.74, 6) is -1.13. The van der Waals surface area contributed by atoms with Gasteiger partial charge in [-0.15, -0.1) is 0 Å². The normalized spacial score (nSPS) is 16.9. The number of aromatic nitrogens is 1. The largest absolute Gasteiger partial charge is 0.491 e. The van der Waals surface area contributed by atoms with Crippen molar-refractivity contribution in [3.8, 4) is 5.75 Å². The molecule has 3 heterocycles. The van der Waals surface area contributed by atoms with Crippen LogP contribution in [0.2, 0.25) is 0 Å². The van der Waals surface area contributed by atoms with Gasteiger partial charge in [-0.05, 0) is 35.9 Å². The van der Waals surface area contributed by atoms with E-state index in [2.05, 4.69) is 10.2 Å². The second kappa shape index (κ2) is 9.97. The van der Waals surface area contributed by atoms with Crippen LogP contribution in [0.15, 0.2) is 48.7 Å². The molecule has 35 heavy (non-hydrogen) atoms. The Kier molecular flexibility index (Phi) is 6.61. The first-order valence-corrected chi connectivity index (χ1v) is 11.5. The number of carbonyl (C=O) groups is 2. The number of hydrogen-bond donors (Lipinski definition) is 1. The fourth-order valence-corrected chi connectivity index (χ4v) is 4.61. The Morgan fingerprint density at radius 3 is 2.60 bits per heavy atom. The van der Waals surface area contributed by atoms with Crippen molar-refractivity contribution < 1.29 is 27.8 Å². The number of nitrogens with zero attached hydrogens (tertiary/aromatic N) is 2. The minimum Gasteiger partial charge on any atom is -0.491 e. The van der Waals surface area contributed by atoms with Gasteiger partial charge >= 0.3 is 0 Å². The van der Waals surface area contributed by atoms with Crippen molar-refractivity contribution in [1.29, 1.82) is 0 Å². The number of nitrogens with one attached hydrogen (secondary N) is 1. The average Bonchev–Trinajstić information content (AvgIpc) is 3.37. The number of amides is 2. The smallest absolute Gasteiger partial charge is 0.259 e. The van der Waals surface area contributed by atoms with Crippen molar-refractivity contribution in [2.24, 2.45) is 0 Å². The SMILES string of the molecule is O=C1NC(=O)C(c2cn(CCN3CCOCC3)c3ccc(F)cc23)=C1c1cccc(OCCF)c1. The van der Waals surface area contributed by atoms with Crippen LogP contribution in [0.5, 0.6) is 5.75 Å². The maximum atomic E-state index is 14.3. The number of ether oxygens (including phenoxy) is 2. The quantitative estimate of drug-likeness (QED) is 0.501. The minimum absolute atomic E-state index is 0.115. The third-order valence-electron chi connectivity index (χ3n) is 6.27. The molecular weight excluding hydrogens is 456 g/mol. The van der Waals surface area contributed by atoms with E-state index in [1.165, 1.54) is 12.1 Å². The van der Waals surface area contributed by atoms with E-state index < -0.39 is 24.3 Å². The molecule has 2 aromatic carbocycles. The number of morpholine rings is 1. The summed E-state index contributed by atoms with van der Waals surface area (Å²) in [5, 5.41) is 2.92. The van der Waals surface area contributed by atoms with Gasteiger partial charge in [0.15, 0.2) is 0 Å². The Hall–Kier alpha value is -3.56. The highest BCUT2D eigenvalue weighted by Crippen LogP contribution is 2.37. The number of halogens is 2. The summed E-state index contributed by atoms with van der Waals surface area (Å²) in [5.41, 5.74) is 2.07. The monoisotopic (exact) mass is 481 g/mol. The lowest BCUT2D eigenvalue weighted by molar-refractivity contribution is -0.122. The first-order chi connectivity index (χ1) is 17.0. The van der Waals surface area contributed by atoms with Gasteiger partial charge in [0.1, 0.15) is 24.8 Å². The summed E-state index contributed by atoms with van der Waals surface area (Å²) >= 11 is 0. The molecule has 0 bridgehead atoms. The molecule has 0 atom stereocenters. The van der Waals surface area contributed by atoms with Gasteiger partial charge in [0.05, 0.1) is 24.4 Å². The molecule has 1 aromatic heterocycles. The molecule has 3 aromatic rings. The van der Waals surface area contributed by atoms with Gasteiger partial charge in [-0.2, -0.15) is 0 Å². The van der Waals surface area contributed by atoms with Crippen molar-refractivity contribution in [1.82, 2.24) is 14.8 Å².